The Balaban J connectivity index is 1.86. The Morgan fingerprint density at radius 2 is 2.00 bits per heavy atom. The molecule has 7 heteroatoms. The van der Waals surface area contributed by atoms with Crippen molar-refractivity contribution in [2.45, 2.75) is 13.5 Å². The highest BCUT2D eigenvalue weighted by molar-refractivity contribution is 5.97. The topological polar surface area (TPSA) is 91.3 Å². The highest BCUT2D eigenvalue weighted by atomic mass is 16.5. The van der Waals surface area contributed by atoms with Gasteiger partial charge in [0, 0.05) is 19.2 Å². The summed E-state index contributed by atoms with van der Waals surface area (Å²) in [5.74, 6) is 1.37. The number of furan rings is 1. The molecule has 1 aromatic carbocycles. The number of nitrogens with one attached hydrogen (secondary N) is 2. The van der Waals surface area contributed by atoms with Gasteiger partial charge >= 0.3 is 5.69 Å². The number of aromatic nitrogens is 2. The number of nitrogens with zero attached hydrogens (tertiary/aromatic N) is 1. The number of fused-ring (bicyclic) bond motifs is 1. The lowest BCUT2D eigenvalue weighted by atomic mass is 10.1. The molecule has 2 N–H and O–H groups in total. The van der Waals surface area contributed by atoms with Crippen molar-refractivity contribution in [3.63, 3.8) is 0 Å². The number of benzene rings is 1. The van der Waals surface area contributed by atoms with Crippen LogP contribution in [0.2, 0.25) is 0 Å². The maximum absolute atomic E-state index is 12.8. The van der Waals surface area contributed by atoms with E-state index < -0.39 is 0 Å². The van der Waals surface area contributed by atoms with Crippen molar-refractivity contribution in [1.29, 1.82) is 0 Å². The van der Waals surface area contributed by atoms with E-state index in [2.05, 4.69) is 9.97 Å². The van der Waals surface area contributed by atoms with E-state index in [4.69, 9.17) is 9.15 Å². The van der Waals surface area contributed by atoms with Crippen LogP contribution in [-0.4, -0.2) is 41.0 Å². The molecule has 3 rings (SSSR count). The first-order chi connectivity index (χ1) is 11.6. The average molecular weight is 329 g/mol. The summed E-state index contributed by atoms with van der Waals surface area (Å²) in [6, 6.07) is 8.80. The van der Waals surface area contributed by atoms with Gasteiger partial charge in [-0.1, -0.05) is 0 Å². The summed E-state index contributed by atoms with van der Waals surface area (Å²) in [5.41, 5.74) is 1.47. The number of hydrogen-bond donors (Lipinski definition) is 2. The molecule has 0 saturated carbocycles. The van der Waals surface area contributed by atoms with Crippen LogP contribution in [0.5, 0.6) is 0 Å². The number of carbonyl (C=O) groups excluding carboxylic acids is 1. The fraction of sp³-hybridized carbons (Fsp3) is 0.294. The second kappa shape index (κ2) is 6.76. The van der Waals surface area contributed by atoms with E-state index in [0.717, 1.165) is 5.76 Å². The predicted molar refractivity (Wildman–Crippen MR) is 89.0 cm³/mol. The van der Waals surface area contributed by atoms with Crippen LogP contribution in [0.3, 0.4) is 0 Å². The van der Waals surface area contributed by atoms with Crippen molar-refractivity contribution in [3.8, 4) is 0 Å². The second-order valence-electron chi connectivity index (χ2n) is 5.57. The van der Waals surface area contributed by atoms with E-state index in [1.807, 2.05) is 19.1 Å². The molecule has 0 fully saturated rings. The summed E-state index contributed by atoms with van der Waals surface area (Å²) in [7, 11) is 1.59. The van der Waals surface area contributed by atoms with Gasteiger partial charge in [0.05, 0.1) is 24.2 Å². The van der Waals surface area contributed by atoms with Crippen LogP contribution in [0.1, 0.15) is 21.9 Å². The van der Waals surface area contributed by atoms with Gasteiger partial charge < -0.3 is 24.0 Å². The Kier molecular flexibility index (Phi) is 4.52. The van der Waals surface area contributed by atoms with Crippen molar-refractivity contribution in [2.24, 2.45) is 0 Å². The third-order valence-electron chi connectivity index (χ3n) is 3.76. The summed E-state index contributed by atoms with van der Waals surface area (Å²) < 4.78 is 10.7. The molecule has 0 spiro atoms. The Morgan fingerprint density at radius 3 is 2.71 bits per heavy atom. The third kappa shape index (κ3) is 3.41. The number of carbonyl (C=O) groups is 1. The van der Waals surface area contributed by atoms with Crippen molar-refractivity contribution in [3.05, 3.63) is 57.9 Å². The predicted octanol–water partition coefficient (Wildman–Crippen LogP) is 2.05. The molecule has 2 aromatic heterocycles. The van der Waals surface area contributed by atoms with Crippen molar-refractivity contribution in [2.75, 3.05) is 20.3 Å². The van der Waals surface area contributed by atoms with Gasteiger partial charge in [-0.3, -0.25) is 4.79 Å². The number of hydrogen-bond acceptors (Lipinski definition) is 4. The van der Waals surface area contributed by atoms with Crippen LogP contribution in [0.15, 0.2) is 39.5 Å². The van der Waals surface area contributed by atoms with Gasteiger partial charge in [0.2, 0.25) is 0 Å². The second-order valence-corrected chi connectivity index (χ2v) is 5.57. The Hall–Kier alpha value is -2.80. The van der Waals surface area contributed by atoms with Crippen LogP contribution < -0.4 is 5.69 Å². The summed E-state index contributed by atoms with van der Waals surface area (Å²) in [6.45, 7) is 3.09. The molecule has 0 aliphatic carbocycles. The average Bonchev–Trinajstić information content (AvgIpc) is 3.14. The van der Waals surface area contributed by atoms with Gasteiger partial charge in [0.1, 0.15) is 11.5 Å². The number of amides is 1. The molecule has 0 aliphatic heterocycles. The molecular weight excluding hydrogens is 310 g/mol. The lowest BCUT2D eigenvalue weighted by molar-refractivity contribution is 0.0666. The van der Waals surface area contributed by atoms with E-state index in [1.54, 1.807) is 30.2 Å². The fourth-order valence-corrected chi connectivity index (χ4v) is 2.56. The van der Waals surface area contributed by atoms with Crippen molar-refractivity contribution in [1.82, 2.24) is 14.9 Å². The molecule has 0 atom stereocenters. The maximum Gasteiger partial charge on any atom is 0.323 e. The van der Waals surface area contributed by atoms with Crippen LogP contribution >= 0.6 is 0 Å². The molecule has 126 valence electrons. The standard InChI is InChI=1S/C17H19N3O4/c1-11-3-5-13(24-11)10-20(7-8-23-2)16(21)12-4-6-14-15(9-12)19-17(22)18-14/h3-6,9H,7-8,10H2,1-2H3,(H2,18,19,22). The van der Waals surface area contributed by atoms with Gasteiger partial charge in [-0.2, -0.15) is 0 Å². The molecule has 0 saturated heterocycles. The van der Waals surface area contributed by atoms with Gasteiger partial charge in [0.15, 0.2) is 0 Å². The number of H-pyrrole nitrogens is 2. The largest absolute Gasteiger partial charge is 0.464 e. The van der Waals surface area contributed by atoms with Gasteiger partial charge in [-0.05, 0) is 37.3 Å². The lowest BCUT2D eigenvalue weighted by Crippen LogP contribution is -2.33. The summed E-state index contributed by atoms with van der Waals surface area (Å²) in [6.07, 6.45) is 0. The van der Waals surface area contributed by atoms with E-state index >= 15 is 0 Å². The first-order valence-corrected chi connectivity index (χ1v) is 7.62. The zero-order chi connectivity index (χ0) is 17.1. The molecule has 0 bridgehead atoms. The zero-order valence-corrected chi connectivity index (χ0v) is 13.6. The molecule has 0 aliphatic rings. The van der Waals surface area contributed by atoms with Crippen LogP contribution in [0, 0.1) is 6.92 Å². The molecule has 0 radical (unpaired) electrons. The number of rotatable bonds is 6. The normalized spacial score (nSPS) is 11.1. The van der Waals surface area contributed by atoms with E-state index in [0.29, 0.717) is 42.1 Å². The van der Waals surface area contributed by atoms with Gasteiger partial charge in [-0.15, -0.1) is 0 Å². The highest BCUT2D eigenvalue weighted by Gasteiger charge is 2.18. The minimum atomic E-state index is -0.295. The van der Waals surface area contributed by atoms with Gasteiger partial charge in [0.25, 0.3) is 5.91 Å². The van der Waals surface area contributed by atoms with Gasteiger partial charge in [-0.25, -0.2) is 4.79 Å². The number of imidazole rings is 1. The highest BCUT2D eigenvalue weighted by Crippen LogP contribution is 2.15. The van der Waals surface area contributed by atoms with Crippen LogP contribution in [0.4, 0.5) is 0 Å². The minimum Gasteiger partial charge on any atom is -0.464 e. The third-order valence-corrected chi connectivity index (χ3v) is 3.76. The summed E-state index contributed by atoms with van der Waals surface area (Å²) >= 11 is 0. The van der Waals surface area contributed by atoms with E-state index in [-0.39, 0.29) is 11.6 Å². The minimum absolute atomic E-state index is 0.148. The Morgan fingerprint density at radius 1 is 1.21 bits per heavy atom. The lowest BCUT2D eigenvalue weighted by Gasteiger charge is -2.21. The number of ether oxygens (including phenoxy) is 1. The number of aryl methyl sites for hydroxylation is 1. The Labute approximate surface area is 138 Å². The quantitative estimate of drug-likeness (QED) is 0.724. The van der Waals surface area contributed by atoms with Crippen LogP contribution in [0.25, 0.3) is 11.0 Å². The smallest absolute Gasteiger partial charge is 0.323 e. The molecule has 3 aromatic rings. The number of aromatic amines is 2. The van der Waals surface area contributed by atoms with Crippen molar-refractivity contribution >= 4 is 16.9 Å². The summed E-state index contributed by atoms with van der Waals surface area (Å²) in [5, 5.41) is 0. The first-order valence-electron chi connectivity index (χ1n) is 7.62. The molecule has 2 heterocycles. The zero-order valence-electron chi connectivity index (χ0n) is 13.6. The summed E-state index contributed by atoms with van der Waals surface area (Å²) in [4.78, 5) is 31.2. The van der Waals surface area contributed by atoms with Crippen LogP contribution in [-0.2, 0) is 11.3 Å². The van der Waals surface area contributed by atoms with E-state index in [9.17, 15) is 9.59 Å². The molecule has 24 heavy (non-hydrogen) atoms. The van der Waals surface area contributed by atoms with E-state index in [1.165, 1.54) is 0 Å². The maximum atomic E-state index is 12.8. The SMILES string of the molecule is COCCN(Cc1ccc(C)o1)C(=O)c1ccc2[nH]c(=O)[nH]c2c1. The Bertz CT molecular complexity index is 906. The monoisotopic (exact) mass is 329 g/mol. The number of methoxy groups -OCH3 is 1. The van der Waals surface area contributed by atoms with Crippen molar-refractivity contribution < 1.29 is 13.9 Å². The molecular formula is C17H19N3O4. The molecule has 1 amide bonds. The fourth-order valence-electron chi connectivity index (χ4n) is 2.56. The first kappa shape index (κ1) is 16.1. The molecule has 0 unspecified atom stereocenters. The molecule has 7 nitrogen and oxygen atoms in total.